The lowest BCUT2D eigenvalue weighted by Gasteiger charge is -2.24. The molecule has 1 aromatic carbocycles. The van der Waals surface area contributed by atoms with Gasteiger partial charge in [0.25, 0.3) is 17.7 Å². The molecule has 3 rings (SSSR count). The average Bonchev–Trinajstić information content (AvgIpc) is 3.01. The highest BCUT2D eigenvalue weighted by Gasteiger charge is 2.34. The fraction of sp³-hybridized carbons (Fsp3) is 0.176. The molecule has 3 amide bonds. The van der Waals surface area contributed by atoms with Gasteiger partial charge in [-0.2, -0.15) is 0 Å². The number of thioether (sulfide) groups is 1. The van der Waals surface area contributed by atoms with Crippen LogP contribution in [0, 0.1) is 0 Å². The molecule has 0 spiro atoms. The number of nitrogens with one attached hydrogen (secondary N) is 2. The van der Waals surface area contributed by atoms with Gasteiger partial charge in [0, 0.05) is 22.4 Å². The quantitative estimate of drug-likeness (QED) is 0.749. The van der Waals surface area contributed by atoms with Crippen molar-refractivity contribution in [1.29, 1.82) is 0 Å². The molecule has 7 nitrogen and oxygen atoms in total. The molecule has 0 saturated carbocycles. The number of hydrazine groups is 1. The van der Waals surface area contributed by atoms with Gasteiger partial charge in [0.15, 0.2) is 0 Å². The van der Waals surface area contributed by atoms with E-state index in [1.807, 2.05) is 24.3 Å². The summed E-state index contributed by atoms with van der Waals surface area (Å²) >= 11 is 4.84. The molecular formula is C17H15BrN4O3S. The maximum absolute atomic E-state index is 12.2. The third kappa shape index (κ3) is 4.41. The lowest BCUT2D eigenvalue weighted by molar-refractivity contribution is -0.138. The molecule has 0 radical (unpaired) electrons. The Morgan fingerprint density at radius 1 is 1.27 bits per heavy atom. The summed E-state index contributed by atoms with van der Waals surface area (Å²) in [6.07, 6.45) is 3.00. The predicted octanol–water partition coefficient (Wildman–Crippen LogP) is 1.88. The van der Waals surface area contributed by atoms with Crippen LogP contribution in [-0.4, -0.2) is 40.0 Å². The minimum Gasteiger partial charge on any atom is -0.343 e. The summed E-state index contributed by atoms with van der Waals surface area (Å²) in [6.45, 7) is -0.235. The van der Waals surface area contributed by atoms with Gasteiger partial charge in [0.05, 0.1) is 12.3 Å². The summed E-state index contributed by atoms with van der Waals surface area (Å²) in [7, 11) is 0. The van der Waals surface area contributed by atoms with Crippen molar-refractivity contribution in [3.8, 4) is 0 Å². The van der Waals surface area contributed by atoms with Gasteiger partial charge in [-0.25, -0.2) is 5.01 Å². The van der Waals surface area contributed by atoms with Crippen molar-refractivity contribution < 1.29 is 14.4 Å². The third-order valence-electron chi connectivity index (χ3n) is 3.60. The SMILES string of the molecule is O=C(CNC(=O)c1ccncc1)NN1C(=O)CSC1c1cccc(Br)c1. The van der Waals surface area contributed by atoms with Gasteiger partial charge in [-0.05, 0) is 29.8 Å². The smallest absolute Gasteiger partial charge is 0.258 e. The van der Waals surface area contributed by atoms with Crippen LogP contribution in [-0.2, 0) is 9.59 Å². The van der Waals surface area contributed by atoms with Crippen LogP contribution >= 0.6 is 27.7 Å². The Labute approximate surface area is 162 Å². The van der Waals surface area contributed by atoms with Crippen LogP contribution in [0.3, 0.4) is 0 Å². The summed E-state index contributed by atoms with van der Waals surface area (Å²) in [6, 6.07) is 10.7. The van der Waals surface area contributed by atoms with Crippen molar-refractivity contribution in [1.82, 2.24) is 20.7 Å². The first-order chi connectivity index (χ1) is 12.5. The highest BCUT2D eigenvalue weighted by Crippen LogP contribution is 2.37. The van der Waals surface area contributed by atoms with E-state index in [1.54, 1.807) is 12.1 Å². The van der Waals surface area contributed by atoms with Gasteiger partial charge in [-0.3, -0.25) is 24.8 Å². The molecule has 1 aromatic heterocycles. The number of aromatic nitrogens is 1. The predicted molar refractivity (Wildman–Crippen MR) is 101 cm³/mol. The minimum absolute atomic E-state index is 0.186. The first-order valence-electron chi connectivity index (χ1n) is 7.71. The molecule has 1 saturated heterocycles. The zero-order chi connectivity index (χ0) is 18.5. The van der Waals surface area contributed by atoms with Gasteiger partial charge >= 0.3 is 0 Å². The molecule has 0 bridgehead atoms. The van der Waals surface area contributed by atoms with Gasteiger partial charge in [-0.15, -0.1) is 11.8 Å². The largest absolute Gasteiger partial charge is 0.343 e. The van der Waals surface area contributed by atoms with Crippen molar-refractivity contribution >= 4 is 45.4 Å². The highest BCUT2D eigenvalue weighted by molar-refractivity contribution is 9.10. The zero-order valence-corrected chi connectivity index (χ0v) is 15.9. The van der Waals surface area contributed by atoms with Crippen LogP contribution in [0.2, 0.25) is 0 Å². The second-order valence-electron chi connectivity index (χ2n) is 5.44. The monoisotopic (exact) mass is 434 g/mol. The van der Waals surface area contributed by atoms with E-state index < -0.39 is 5.91 Å². The number of hydrogen-bond acceptors (Lipinski definition) is 5. The normalized spacial score (nSPS) is 16.4. The fourth-order valence-electron chi connectivity index (χ4n) is 2.39. The lowest BCUT2D eigenvalue weighted by atomic mass is 10.2. The van der Waals surface area contributed by atoms with Gasteiger partial charge in [0.1, 0.15) is 5.37 Å². The molecule has 1 aliphatic rings. The van der Waals surface area contributed by atoms with E-state index in [1.165, 1.54) is 29.2 Å². The number of nitrogens with zero attached hydrogens (tertiary/aromatic N) is 2. The van der Waals surface area contributed by atoms with Crippen LogP contribution in [0.25, 0.3) is 0 Å². The average molecular weight is 435 g/mol. The van der Waals surface area contributed by atoms with Crippen LogP contribution in [0.4, 0.5) is 0 Å². The number of pyridine rings is 1. The molecule has 0 aliphatic carbocycles. The Bertz CT molecular complexity index is 834. The molecule has 26 heavy (non-hydrogen) atoms. The van der Waals surface area contributed by atoms with Gasteiger partial charge < -0.3 is 5.32 Å². The highest BCUT2D eigenvalue weighted by atomic mass is 79.9. The van der Waals surface area contributed by atoms with Crippen molar-refractivity contribution in [3.63, 3.8) is 0 Å². The summed E-state index contributed by atoms with van der Waals surface area (Å²) in [5.41, 5.74) is 3.89. The first-order valence-corrected chi connectivity index (χ1v) is 9.55. The number of carbonyl (C=O) groups excluding carboxylic acids is 3. The molecule has 9 heteroatoms. The van der Waals surface area contributed by atoms with E-state index in [2.05, 4.69) is 31.7 Å². The maximum Gasteiger partial charge on any atom is 0.258 e. The van der Waals surface area contributed by atoms with Crippen LogP contribution < -0.4 is 10.7 Å². The molecule has 2 aromatic rings. The molecule has 2 heterocycles. The summed E-state index contributed by atoms with van der Waals surface area (Å²) in [5, 5.41) is 3.53. The third-order valence-corrected chi connectivity index (χ3v) is 5.30. The van der Waals surface area contributed by atoms with E-state index in [0.717, 1.165) is 10.0 Å². The van der Waals surface area contributed by atoms with Crippen molar-refractivity contribution in [3.05, 3.63) is 64.4 Å². The second kappa shape index (κ2) is 8.33. The van der Waals surface area contributed by atoms with Crippen LogP contribution in [0.1, 0.15) is 21.3 Å². The Hall–Kier alpha value is -2.39. The fourth-order valence-corrected chi connectivity index (χ4v) is 3.91. The Balaban J connectivity index is 1.60. The minimum atomic E-state index is -0.469. The van der Waals surface area contributed by atoms with Crippen molar-refractivity contribution in [2.24, 2.45) is 0 Å². The topological polar surface area (TPSA) is 91.4 Å². The first kappa shape index (κ1) is 18.4. The molecule has 1 aliphatic heterocycles. The van der Waals surface area contributed by atoms with Crippen LogP contribution in [0.15, 0.2) is 53.3 Å². The maximum atomic E-state index is 12.2. The Morgan fingerprint density at radius 2 is 2.04 bits per heavy atom. The van der Waals surface area contributed by atoms with Gasteiger partial charge in [0.2, 0.25) is 0 Å². The Morgan fingerprint density at radius 3 is 2.77 bits per heavy atom. The summed E-state index contributed by atoms with van der Waals surface area (Å²) in [5.74, 6) is -0.758. The van der Waals surface area contributed by atoms with Crippen molar-refractivity contribution in [2.75, 3.05) is 12.3 Å². The van der Waals surface area contributed by atoms with Crippen LogP contribution in [0.5, 0.6) is 0 Å². The van der Waals surface area contributed by atoms with E-state index in [4.69, 9.17) is 0 Å². The molecule has 134 valence electrons. The van der Waals surface area contributed by atoms with E-state index in [9.17, 15) is 14.4 Å². The standard InChI is InChI=1S/C17H15BrN4O3S/c18-13-3-1-2-12(8-13)17-22(15(24)10-26-17)21-14(23)9-20-16(25)11-4-6-19-7-5-11/h1-8,17H,9-10H2,(H,20,25)(H,21,23). The summed E-state index contributed by atoms with van der Waals surface area (Å²) in [4.78, 5) is 40.1. The molecule has 1 atom stereocenters. The van der Waals surface area contributed by atoms with E-state index in [0.29, 0.717) is 5.56 Å². The molecule has 1 fully saturated rings. The number of rotatable bonds is 5. The second-order valence-corrected chi connectivity index (χ2v) is 7.42. The van der Waals surface area contributed by atoms with Crippen molar-refractivity contribution in [2.45, 2.75) is 5.37 Å². The molecular weight excluding hydrogens is 420 g/mol. The number of amides is 3. The number of carbonyl (C=O) groups is 3. The molecule has 1 unspecified atom stereocenters. The lowest BCUT2D eigenvalue weighted by Crippen LogP contribution is -2.48. The molecule has 2 N–H and O–H groups in total. The zero-order valence-electron chi connectivity index (χ0n) is 13.5. The van der Waals surface area contributed by atoms with E-state index >= 15 is 0 Å². The number of halogens is 1. The van der Waals surface area contributed by atoms with Gasteiger partial charge in [-0.1, -0.05) is 28.1 Å². The summed E-state index contributed by atoms with van der Waals surface area (Å²) < 4.78 is 0.894. The van der Waals surface area contributed by atoms with E-state index in [-0.39, 0.29) is 29.5 Å². The number of hydrogen-bond donors (Lipinski definition) is 2. The number of benzene rings is 1. The Kier molecular flexibility index (Phi) is 5.89.